The van der Waals surface area contributed by atoms with Crippen molar-refractivity contribution in [2.45, 2.75) is 26.2 Å². The summed E-state index contributed by atoms with van der Waals surface area (Å²) in [6, 6.07) is 4.09. The van der Waals surface area contributed by atoms with Crippen molar-refractivity contribution in [2.75, 3.05) is 26.2 Å². The molecule has 0 aromatic carbocycles. The van der Waals surface area contributed by atoms with Gasteiger partial charge >= 0.3 is 0 Å². The molecular formula is C15H24N2O2S. The zero-order valence-corrected chi connectivity index (χ0v) is 12.8. The maximum atomic E-state index is 12.3. The number of nitrogens with one attached hydrogen (secondary N) is 2. The van der Waals surface area contributed by atoms with Crippen molar-refractivity contribution >= 4 is 17.2 Å². The van der Waals surface area contributed by atoms with E-state index in [-0.39, 0.29) is 23.8 Å². The fourth-order valence-electron chi connectivity index (χ4n) is 2.57. The van der Waals surface area contributed by atoms with E-state index in [1.54, 1.807) is 11.3 Å². The largest absolute Gasteiger partial charge is 0.396 e. The molecule has 112 valence electrons. The summed E-state index contributed by atoms with van der Waals surface area (Å²) in [7, 11) is 0. The highest BCUT2D eigenvalue weighted by molar-refractivity contribution is 7.09. The van der Waals surface area contributed by atoms with E-state index < -0.39 is 0 Å². The molecule has 1 fully saturated rings. The van der Waals surface area contributed by atoms with Crippen molar-refractivity contribution in [3.05, 3.63) is 22.4 Å². The Kier molecular flexibility index (Phi) is 5.57. The van der Waals surface area contributed by atoms with Crippen LogP contribution in [0.3, 0.4) is 0 Å². The third-order valence-electron chi connectivity index (χ3n) is 4.13. The smallest absolute Gasteiger partial charge is 0.226 e. The molecule has 1 aromatic rings. The Balaban J connectivity index is 1.81. The van der Waals surface area contributed by atoms with Crippen molar-refractivity contribution in [3.8, 4) is 0 Å². The van der Waals surface area contributed by atoms with E-state index >= 15 is 0 Å². The lowest BCUT2D eigenvalue weighted by atomic mass is 9.80. The molecule has 0 saturated carbocycles. The van der Waals surface area contributed by atoms with Gasteiger partial charge in [-0.3, -0.25) is 4.79 Å². The van der Waals surface area contributed by atoms with Crippen LogP contribution >= 0.6 is 11.3 Å². The number of carbonyl (C=O) groups is 1. The molecule has 2 rings (SSSR count). The molecule has 1 saturated heterocycles. The molecule has 20 heavy (non-hydrogen) atoms. The van der Waals surface area contributed by atoms with Gasteiger partial charge in [0.1, 0.15) is 0 Å². The molecule has 0 radical (unpaired) electrons. The lowest BCUT2D eigenvalue weighted by molar-refractivity contribution is -0.131. The Morgan fingerprint density at radius 2 is 2.30 bits per heavy atom. The van der Waals surface area contributed by atoms with Crippen LogP contribution in [0.25, 0.3) is 0 Å². The van der Waals surface area contributed by atoms with Gasteiger partial charge in [0.25, 0.3) is 0 Å². The highest BCUT2D eigenvalue weighted by Gasteiger charge is 2.34. The summed E-state index contributed by atoms with van der Waals surface area (Å²) in [6.07, 6.45) is 2.59. The fourth-order valence-corrected chi connectivity index (χ4v) is 3.39. The van der Waals surface area contributed by atoms with Gasteiger partial charge in [-0.05, 0) is 43.8 Å². The first-order valence-corrected chi connectivity index (χ1v) is 8.14. The second-order valence-corrected chi connectivity index (χ2v) is 6.89. The van der Waals surface area contributed by atoms with Crippen molar-refractivity contribution in [1.29, 1.82) is 0 Å². The monoisotopic (exact) mass is 296 g/mol. The van der Waals surface area contributed by atoms with Gasteiger partial charge in [0, 0.05) is 29.4 Å². The van der Waals surface area contributed by atoms with Crippen LogP contribution in [0.5, 0.6) is 0 Å². The average molecular weight is 296 g/mol. The van der Waals surface area contributed by atoms with Gasteiger partial charge < -0.3 is 15.7 Å². The molecule has 1 aliphatic heterocycles. The number of thiophene rings is 1. The SMILES string of the molecule is CC1(C(=O)NC[C@H](CO)Cc2cccs2)CCNCC1. The third-order valence-corrected chi connectivity index (χ3v) is 5.03. The van der Waals surface area contributed by atoms with Crippen molar-refractivity contribution < 1.29 is 9.90 Å². The van der Waals surface area contributed by atoms with E-state index in [9.17, 15) is 9.90 Å². The van der Waals surface area contributed by atoms with Crippen molar-refractivity contribution in [2.24, 2.45) is 11.3 Å². The molecular weight excluding hydrogens is 272 g/mol. The van der Waals surface area contributed by atoms with E-state index in [2.05, 4.69) is 16.7 Å². The van der Waals surface area contributed by atoms with Gasteiger partial charge in [-0.15, -0.1) is 11.3 Å². The van der Waals surface area contributed by atoms with E-state index in [0.717, 1.165) is 32.4 Å². The quantitative estimate of drug-likeness (QED) is 0.744. The van der Waals surface area contributed by atoms with Crippen molar-refractivity contribution in [1.82, 2.24) is 10.6 Å². The summed E-state index contributed by atoms with van der Waals surface area (Å²) in [5, 5.41) is 17.8. The van der Waals surface area contributed by atoms with Crippen LogP contribution in [0.1, 0.15) is 24.6 Å². The standard InChI is InChI=1S/C15H24N2O2S/c1-15(4-6-16-7-5-15)14(19)17-10-12(11-18)9-13-3-2-8-20-13/h2-3,8,12,16,18H,4-7,9-11H2,1H3,(H,17,19)/t12-/m1/s1. The zero-order valence-electron chi connectivity index (χ0n) is 12.0. The molecule has 4 nitrogen and oxygen atoms in total. The summed E-state index contributed by atoms with van der Waals surface area (Å²) < 4.78 is 0. The van der Waals surface area contributed by atoms with Gasteiger partial charge in [0.15, 0.2) is 0 Å². The first-order valence-electron chi connectivity index (χ1n) is 7.26. The average Bonchev–Trinajstić information content (AvgIpc) is 2.96. The molecule has 2 heterocycles. The normalized spacial score (nSPS) is 19.5. The summed E-state index contributed by atoms with van der Waals surface area (Å²) >= 11 is 1.70. The van der Waals surface area contributed by atoms with E-state index in [1.807, 2.05) is 18.4 Å². The molecule has 1 amide bonds. The Bertz CT molecular complexity index is 414. The van der Waals surface area contributed by atoms with Gasteiger partial charge in [-0.1, -0.05) is 13.0 Å². The molecule has 1 atom stereocenters. The number of carbonyl (C=O) groups excluding carboxylic acids is 1. The molecule has 1 aromatic heterocycles. The summed E-state index contributed by atoms with van der Waals surface area (Å²) in [6.45, 7) is 4.51. The Labute approximate surface area is 124 Å². The van der Waals surface area contributed by atoms with Crippen LogP contribution in [-0.4, -0.2) is 37.3 Å². The second kappa shape index (κ2) is 7.20. The third kappa shape index (κ3) is 4.04. The minimum Gasteiger partial charge on any atom is -0.396 e. The van der Waals surface area contributed by atoms with E-state index in [0.29, 0.717) is 6.54 Å². The van der Waals surface area contributed by atoms with Crippen LogP contribution in [0.4, 0.5) is 0 Å². The second-order valence-electron chi connectivity index (χ2n) is 5.85. The predicted molar refractivity (Wildman–Crippen MR) is 81.8 cm³/mol. The van der Waals surface area contributed by atoms with Crippen LogP contribution in [-0.2, 0) is 11.2 Å². The Hall–Kier alpha value is -0.910. The summed E-state index contributed by atoms with van der Waals surface area (Å²) in [5.74, 6) is 0.228. The van der Waals surface area contributed by atoms with Crippen LogP contribution < -0.4 is 10.6 Å². The molecule has 1 aliphatic rings. The van der Waals surface area contributed by atoms with Gasteiger partial charge in [0.2, 0.25) is 5.91 Å². The molecule has 0 unspecified atom stereocenters. The van der Waals surface area contributed by atoms with Gasteiger partial charge in [-0.2, -0.15) is 0 Å². The number of aliphatic hydroxyl groups is 1. The highest BCUT2D eigenvalue weighted by Crippen LogP contribution is 2.28. The summed E-state index contributed by atoms with van der Waals surface area (Å²) in [5.41, 5.74) is -0.256. The number of piperidine rings is 1. The Morgan fingerprint density at radius 1 is 1.55 bits per heavy atom. The topological polar surface area (TPSA) is 61.4 Å². The molecule has 0 aliphatic carbocycles. The van der Waals surface area contributed by atoms with Gasteiger partial charge in [-0.25, -0.2) is 0 Å². The molecule has 0 bridgehead atoms. The number of rotatable bonds is 6. The van der Waals surface area contributed by atoms with Gasteiger partial charge in [0.05, 0.1) is 0 Å². The number of amides is 1. The minimum atomic E-state index is -0.256. The van der Waals surface area contributed by atoms with Crippen LogP contribution in [0, 0.1) is 11.3 Å². The summed E-state index contributed by atoms with van der Waals surface area (Å²) in [4.78, 5) is 13.6. The first kappa shape index (κ1) is 15.5. The van der Waals surface area contributed by atoms with E-state index in [1.165, 1.54) is 4.88 Å². The lowest BCUT2D eigenvalue weighted by Gasteiger charge is -2.33. The van der Waals surface area contributed by atoms with Crippen LogP contribution in [0.15, 0.2) is 17.5 Å². The molecule has 5 heteroatoms. The Morgan fingerprint density at radius 3 is 2.90 bits per heavy atom. The maximum Gasteiger partial charge on any atom is 0.226 e. The molecule has 3 N–H and O–H groups in total. The molecule has 0 spiro atoms. The van der Waals surface area contributed by atoms with Crippen LogP contribution in [0.2, 0.25) is 0 Å². The zero-order chi connectivity index (χ0) is 14.4. The van der Waals surface area contributed by atoms with E-state index in [4.69, 9.17) is 0 Å². The lowest BCUT2D eigenvalue weighted by Crippen LogP contribution is -2.47. The number of hydrogen-bond donors (Lipinski definition) is 3. The number of hydrogen-bond acceptors (Lipinski definition) is 4. The predicted octanol–water partition coefficient (Wildman–Crippen LogP) is 1.40. The van der Waals surface area contributed by atoms with Crippen molar-refractivity contribution in [3.63, 3.8) is 0 Å². The minimum absolute atomic E-state index is 0.0999. The highest BCUT2D eigenvalue weighted by atomic mass is 32.1. The fraction of sp³-hybridized carbons (Fsp3) is 0.667. The maximum absolute atomic E-state index is 12.3. The number of aliphatic hydroxyl groups excluding tert-OH is 1. The first-order chi connectivity index (χ1) is 9.64.